The number of rotatable bonds is 10. The van der Waals surface area contributed by atoms with Gasteiger partial charge in [-0.25, -0.2) is 0 Å². The molecule has 11 nitrogen and oxygen atoms in total. The number of benzene rings is 3. The van der Waals surface area contributed by atoms with Gasteiger partial charge in [0, 0.05) is 30.2 Å². The minimum Gasteiger partial charge on any atom is -0.493 e. The van der Waals surface area contributed by atoms with E-state index in [1.807, 2.05) is 30.3 Å². The van der Waals surface area contributed by atoms with Crippen molar-refractivity contribution in [3.05, 3.63) is 99.6 Å². The van der Waals surface area contributed by atoms with Crippen LogP contribution in [0.2, 0.25) is 0 Å². The number of imide groups is 1. The van der Waals surface area contributed by atoms with E-state index >= 15 is 0 Å². The number of ether oxygens (including phenoxy) is 2. The molecule has 2 aliphatic rings. The summed E-state index contributed by atoms with van der Waals surface area (Å²) >= 11 is 0. The summed E-state index contributed by atoms with van der Waals surface area (Å²) in [7, 11) is 1.47. The summed E-state index contributed by atoms with van der Waals surface area (Å²) in [6.07, 6.45) is 5.22. The summed E-state index contributed by atoms with van der Waals surface area (Å²) in [4.78, 5) is 52.0. The van der Waals surface area contributed by atoms with Crippen LogP contribution < -0.4 is 14.8 Å². The van der Waals surface area contributed by atoms with Crippen molar-refractivity contribution in [2.24, 2.45) is 11.8 Å². The van der Waals surface area contributed by atoms with Crippen LogP contribution in [0.15, 0.2) is 72.8 Å². The first kappa shape index (κ1) is 28.3. The van der Waals surface area contributed by atoms with Gasteiger partial charge in [-0.2, -0.15) is 0 Å². The van der Waals surface area contributed by atoms with Gasteiger partial charge < -0.3 is 14.6 Å². The first-order valence-corrected chi connectivity index (χ1v) is 13.1. The summed E-state index contributed by atoms with van der Waals surface area (Å²) in [5.41, 5.74) is -0.367. The van der Waals surface area contributed by atoms with Gasteiger partial charge >= 0.3 is 5.97 Å². The molecule has 0 spiro atoms. The van der Waals surface area contributed by atoms with Crippen molar-refractivity contribution >= 4 is 23.5 Å². The van der Waals surface area contributed by atoms with E-state index in [2.05, 4.69) is 11.2 Å². The highest BCUT2D eigenvalue weighted by atomic mass is 16.6. The number of nitrogens with one attached hydrogen (secondary N) is 1. The molecule has 214 valence electrons. The number of nitro groups is 1. The average Bonchev–Trinajstić information content (AvgIpc) is 3.46. The molecule has 0 radical (unpaired) electrons. The predicted octanol–water partition coefficient (Wildman–Crippen LogP) is 3.13. The number of carboxylic acid groups (broad SMARTS) is 1. The molecule has 2 N–H and O–H groups in total. The van der Waals surface area contributed by atoms with Gasteiger partial charge in [-0.3, -0.25) is 34.7 Å². The van der Waals surface area contributed by atoms with Crippen LogP contribution in [0, 0.1) is 34.3 Å². The number of carboxylic acids is 1. The lowest BCUT2D eigenvalue weighted by Gasteiger charge is -2.31. The molecular formula is C31H27N3O8. The molecule has 2 heterocycles. The van der Waals surface area contributed by atoms with Crippen molar-refractivity contribution in [1.82, 2.24) is 10.2 Å². The van der Waals surface area contributed by atoms with Crippen molar-refractivity contribution in [3.63, 3.8) is 0 Å². The number of aliphatic carboxylic acids is 1. The fourth-order valence-corrected chi connectivity index (χ4v) is 5.89. The molecule has 3 aromatic rings. The molecule has 0 bridgehead atoms. The summed E-state index contributed by atoms with van der Waals surface area (Å²) in [5, 5.41) is 25.0. The highest BCUT2D eigenvalue weighted by Gasteiger charge is 2.68. The van der Waals surface area contributed by atoms with Gasteiger partial charge in [0.2, 0.25) is 11.8 Å². The summed E-state index contributed by atoms with van der Waals surface area (Å²) < 4.78 is 11.8. The molecule has 0 saturated carbocycles. The number of methoxy groups -OCH3 is 1. The number of nitro benzene ring substituents is 1. The van der Waals surface area contributed by atoms with Crippen LogP contribution in [0.3, 0.4) is 0 Å². The standard InChI is InChI=1S/C31H27N3O8/c1-3-16-33-28(35)24-25(29(33)36)31(30(37)38,17-19-12-14-21(15-13-19)34(39)40)32-26(24)22-10-7-11-23(41-2)27(22)42-18-20-8-5-4-6-9-20/h1,4-15,24-26,32H,16-18H2,2H3,(H,37,38). The molecule has 2 aliphatic heterocycles. The number of amides is 2. The Hall–Kier alpha value is -5.21. The van der Waals surface area contributed by atoms with E-state index in [-0.39, 0.29) is 25.3 Å². The molecule has 2 saturated heterocycles. The highest BCUT2D eigenvalue weighted by Crippen LogP contribution is 2.52. The Balaban J connectivity index is 1.61. The molecule has 5 rings (SSSR count). The molecule has 3 aromatic carbocycles. The number of carbonyl (C=O) groups excluding carboxylic acids is 2. The van der Waals surface area contributed by atoms with E-state index in [1.54, 1.807) is 18.2 Å². The largest absolute Gasteiger partial charge is 0.493 e. The van der Waals surface area contributed by atoms with E-state index in [4.69, 9.17) is 15.9 Å². The number of hydrogen-bond acceptors (Lipinski definition) is 8. The third-order valence-electron chi connectivity index (χ3n) is 7.80. The maximum absolute atomic E-state index is 13.7. The quantitative estimate of drug-likeness (QED) is 0.163. The zero-order valence-corrected chi connectivity index (χ0v) is 22.6. The number of terminal acetylenes is 1. The van der Waals surface area contributed by atoms with Crippen molar-refractivity contribution < 1.29 is 33.9 Å². The minimum atomic E-state index is -1.94. The third-order valence-corrected chi connectivity index (χ3v) is 7.80. The van der Waals surface area contributed by atoms with Gasteiger partial charge in [0.25, 0.3) is 5.69 Å². The Morgan fingerprint density at radius 1 is 1.07 bits per heavy atom. The first-order valence-electron chi connectivity index (χ1n) is 13.1. The maximum atomic E-state index is 13.7. The van der Waals surface area contributed by atoms with E-state index in [0.29, 0.717) is 22.6 Å². The number of fused-ring (bicyclic) bond motifs is 1. The molecule has 42 heavy (non-hydrogen) atoms. The number of para-hydroxylation sites is 1. The van der Waals surface area contributed by atoms with Crippen LogP contribution in [-0.2, 0) is 27.4 Å². The lowest BCUT2D eigenvalue weighted by molar-refractivity contribution is -0.384. The second kappa shape index (κ2) is 11.3. The van der Waals surface area contributed by atoms with E-state index in [0.717, 1.165) is 10.5 Å². The number of likely N-dealkylation sites (tertiary alicyclic amines) is 1. The molecule has 2 fully saturated rings. The summed E-state index contributed by atoms with van der Waals surface area (Å²) in [6.45, 7) is -0.141. The Kier molecular flexibility index (Phi) is 7.65. The van der Waals surface area contributed by atoms with Gasteiger partial charge in [0.05, 0.1) is 30.4 Å². The number of non-ortho nitro benzene ring substituents is 1. The number of hydrogen-bond donors (Lipinski definition) is 2. The van der Waals surface area contributed by atoms with Crippen LogP contribution in [0.5, 0.6) is 11.5 Å². The molecule has 11 heteroatoms. The zero-order chi connectivity index (χ0) is 30.0. The van der Waals surface area contributed by atoms with Crippen molar-refractivity contribution in [2.75, 3.05) is 13.7 Å². The molecule has 0 aliphatic carbocycles. The lowest BCUT2D eigenvalue weighted by Crippen LogP contribution is -2.57. The van der Waals surface area contributed by atoms with Crippen LogP contribution in [-0.4, -0.2) is 51.9 Å². The molecule has 2 amide bonds. The van der Waals surface area contributed by atoms with Crippen LogP contribution in [0.1, 0.15) is 22.7 Å². The summed E-state index contributed by atoms with van der Waals surface area (Å²) in [6, 6.07) is 18.9. The molecular weight excluding hydrogens is 542 g/mol. The maximum Gasteiger partial charge on any atom is 0.325 e. The fourth-order valence-electron chi connectivity index (χ4n) is 5.89. The Labute approximate surface area is 241 Å². The zero-order valence-electron chi connectivity index (χ0n) is 22.6. The molecule has 4 unspecified atom stereocenters. The van der Waals surface area contributed by atoms with Gasteiger partial charge in [0.1, 0.15) is 12.1 Å². The molecule has 0 aromatic heterocycles. The predicted molar refractivity (Wildman–Crippen MR) is 149 cm³/mol. The van der Waals surface area contributed by atoms with Crippen molar-refractivity contribution in [3.8, 4) is 23.8 Å². The Morgan fingerprint density at radius 2 is 1.79 bits per heavy atom. The van der Waals surface area contributed by atoms with Crippen LogP contribution in [0.25, 0.3) is 0 Å². The van der Waals surface area contributed by atoms with E-state index in [1.165, 1.54) is 31.4 Å². The van der Waals surface area contributed by atoms with Crippen LogP contribution in [0.4, 0.5) is 5.69 Å². The second-order valence-electron chi connectivity index (χ2n) is 10.1. The lowest BCUT2D eigenvalue weighted by atomic mass is 9.76. The van der Waals surface area contributed by atoms with Gasteiger partial charge in [-0.15, -0.1) is 6.42 Å². The fraction of sp³-hybridized carbons (Fsp3) is 0.258. The minimum absolute atomic E-state index is 0.165. The van der Waals surface area contributed by atoms with Gasteiger partial charge in [0.15, 0.2) is 11.5 Å². The summed E-state index contributed by atoms with van der Waals surface area (Å²) in [5.74, 6) is -2.10. The topological polar surface area (TPSA) is 148 Å². The van der Waals surface area contributed by atoms with Gasteiger partial charge in [-0.05, 0) is 17.2 Å². The van der Waals surface area contributed by atoms with E-state index in [9.17, 15) is 29.6 Å². The number of nitrogens with zero attached hydrogens (tertiary/aromatic N) is 2. The van der Waals surface area contributed by atoms with Crippen molar-refractivity contribution in [2.45, 2.75) is 24.6 Å². The van der Waals surface area contributed by atoms with Crippen molar-refractivity contribution in [1.29, 1.82) is 0 Å². The first-order chi connectivity index (χ1) is 20.2. The van der Waals surface area contributed by atoms with Crippen LogP contribution >= 0.6 is 0 Å². The smallest absolute Gasteiger partial charge is 0.325 e. The number of carbonyl (C=O) groups is 3. The third kappa shape index (κ3) is 4.82. The van der Waals surface area contributed by atoms with E-state index < -0.39 is 46.1 Å². The molecule has 4 atom stereocenters. The SMILES string of the molecule is C#CCN1C(=O)C2C(c3cccc(OC)c3OCc3ccccc3)NC(Cc3ccc([N+](=O)[O-])cc3)(C(=O)O)C2C1=O. The normalized spacial score (nSPS) is 22.9. The monoisotopic (exact) mass is 569 g/mol. The van der Waals surface area contributed by atoms with Gasteiger partial charge in [-0.1, -0.05) is 60.5 Å². The highest BCUT2D eigenvalue weighted by molar-refractivity contribution is 6.09. The second-order valence-corrected chi connectivity index (χ2v) is 10.1. The Bertz CT molecular complexity index is 1580. The Morgan fingerprint density at radius 3 is 2.40 bits per heavy atom. The average molecular weight is 570 g/mol.